The minimum absolute atomic E-state index is 0.240. The Morgan fingerprint density at radius 1 is 1.27 bits per heavy atom. The van der Waals surface area contributed by atoms with E-state index in [4.69, 9.17) is 0 Å². The summed E-state index contributed by atoms with van der Waals surface area (Å²) in [5.41, 5.74) is 2.62. The highest BCUT2D eigenvalue weighted by Gasteiger charge is 2.32. The number of thiazole rings is 1. The number of rotatable bonds is 9. The van der Waals surface area contributed by atoms with Crippen LogP contribution in [0.5, 0.6) is 0 Å². The summed E-state index contributed by atoms with van der Waals surface area (Å²) in [6.07, 6.45) is -3.20. The fraction of sp³-hybridized carbons (Fsp3) is 0.444. The molecule has 13 heteroatoms. The molecule has 8 nitrogen and oxygen atoms in total. The number of nitrogens with zero attached hydrogens (tertiary/aromatic N) is 6. The van der Waals surface area contributed by atoms with Crippen LogP contribution in [0.4, 0.5) is 28.4 Å². The van der Waals surface area contributed by atoms with E-state index < -0.39 is 24.9 Å². The van der Waals surface area contributed by atoms with E-state index in [1.807, 2.05) is 30.9 Å². The third-order valence-electron chi connectivity index (χ3n) is 6.95. The number of anilines is 2. The van der Waals surface area contributed by atoms with Gasteiger partial charge in [0.1, 0.15) is 12.7 Å². The molecule has 40 heavy (non-hydrogen) atoms. The molecule has 2 aromatic heterocycles. The molecule has 0 radical (unpaired) electrons. The Balaban J connectivity index is 1.38. The Kier molecular flexibility index (Phi) is 7.87. The van der Waals surface area contributed by atoms with Crippen LogP contribution in [0.2, 0.25) is 0 Å². The quantitative estimate of drug-likeness (QED) is 0.363. The number of fused-ring (bicyclic) bond motifs is 1. The van der Waals surface area contributed by atoms with E-state index >= 15 is 0 Å². The van der Waals surface area contributed by atoms with Crippen LogP contribution in [-0.2, 0) is 6.54 Å². The second-order valence-electron chi connectivity index (χ2n) is 10.3. The van der Waals surface area contributed by atoms with E-state index in [0.29, 0.717) is 47.5 Å². The number of halogens is 4. The maximum atomic E-state index is 14.7. The standard InChI is InChI=1S/C27H32F4N8S/c1-16(24-13-34-26(40-24)37(2)3)32-11-17-12-33-25(35-17)23-10-18-20(36-21-8-9-38(4)14-19(21)28)6-5-7-22(18)39(23)15-27(29,30)31/h5-7,10,13,19,21,32,36H,1,8-9,11-12,14-15H2,2-4H3. The lowest BCUT2D eigenvalue weighted by Gasteiger charge is -2.33. The van der Waals surface area contributed by atoms with Crippen LogP contribution < -0.4 is 15.5 Å². The Morgan fingerprint density at radius 3 is 2.77 bits per heavy atom. The van der Waals surface area contributed by atoms with Crippen molar-refractivity contribution in [2.24, 2.45) is 9.98 Å². The van der Waals surface area contributed by atoms with Gasteiger partial charge in [0.2, 0.25) is 0 Å². The molecule has 214 valence electrons. The van der Waals surface area contributed by atoms with Gasteiger partial charge in [0.25, 0.3) is 0 Å². The first kappa shape index (κ1) is 28.1. The zero-order chi connectivity index (χ0) is 28.6. The van der Waals surface area contributed by atoms with Crippen molar-refractivity contribution >= 4 is 50.3 Å². The van der Waals surface area contributed by atoms with Crippen molar-refractivity contribution in [3.8, 4) is 0 Å². The predicted molar refractivity (Wildman–Crippen MR) is 155 cm³/mol. The Labute approximate surface area is 234 Å². The van der Waals surface area contributed by atoms with Gasteiger partial charge in [-0.2, -0.15) is 13.2 Å². The van der Waals surface area contributed by atoms with Crippen molar-refractivity contribution in [2.45, 2.75) is 31.4 Å². The number of hydrogen-bond donors (Lipinski definition) is 2. The van der Waals surface area contributed by atoms with Crippen LogP contribution in [0.3, 0.4) is 0 Å². The number of piperidine rings is 1. The van der Waals surface area contributed by atoms with Crippen LogP contribution >= 0.6 is 11.3 Å². The summed E-state index contributed by atoms with van der Waals surface area (Å²) < 4.78 is 57.0. The van der Waals surface area contributed by atoms with E-state index in [1.54, 1.807) is 30.5 Å². The third-order valence-corrected chi connectivity index (χ3v) is 8.18. The number of nitrogens with one attached hydrogen (secondary N) is 2. The van der Waals surface area contributed by atoms with Crippen molar-refractivity contribution < 1.29 is 17.6 Å². The average Bonchev–Trinajstić information content (AvgIpc) is 3.63. The van der Waals surface area contributed by atoms with Crippen molar-refractivity contribution in [3.05, 3.63) is 47.6 Å². The Hall–Kier alpha value is -3.45. The fourth-order valence-corrected chi connectivity index (χ4v) is 5.68. The van der Waals surface area contributed by atoms with Gasteiger partial charge in [0.05, 0.1) is 40.9 Å². The van der Waals surface area contributed by atoms with Crippen molar-refractivity contribution in [1.29, 1.82) is 0 Å². The van der Waals surface area contributed by atoms with E-state index in [0.717, 1.165) is 16.6 Å². The normalized spacial score (nSPS) is 20.0. The molecule has 2 N–H and O–H groups in total. The molecule has 2 atom stereocenters. The molecule has 0 bridgehead atoms. The number of aromatic nitrogens is 2. The Bertz CT molecular complexity index is 1450. The molecule has 0 aliphatic carbocycles. The topological polar surface area (TPSA) is 73.1 Å². The molecular formula is C27H32F4N8S. The molecule has 1 saturated heterocycles. The zero-order valence-corrected chi connectivity index (χ0v) is 23.4. The lowest BCUT2D eigenvalue weighted by Crippen LogP contribution is -2.46. The molecule has 2 unspecified atom stereocenters. The number of amidine groups is 1. The van der Waals surface area contributed by atoms with Crippen LogP contribution in [0, 0.1) is 0 Å². The molecular weight excluding hydrogens is 544 g/mol. The summed E-state index contributed by atoms with van der Waals surface area (Å²) in [4.78, 5) is 18.1. The summed E-state index contributed by atoms with van der Waals surface area (Å²) in [6.45, 7) is 4.54. The van der Waals surface area contributed by atoms with Gasteiger partial charge in [-0.1, -0.05) is 24.0 Å². The van der Waals surface area contributed by atoms with E-state index in [1.165, 1.54) is 15.9 Å². The van der Waals surface area contributed by atoms with Crippen molar-refractivity contribution in [3.63, 3.8) is 0 Å². The molecule has 2 aliphatic rings. The molecule has 0 spiro atoms. The monoisotopic (exact) mass is 576 g/mol. The number of benzene rings is 1. The number of aliphatic imine (C=N–C) groups is 2. The summed E-state index contributed by atoms with van der Waals surface area (Å²) in [7, 11) is 5.69. The van der Waals surface area contributed by atoms with Gasteiger partial charge < -0.3 is 25.0 Å². The van der Waals surface area contributed by atoms with E-state index in [9.17, 15) is 17.6 Å². The Morgan fingerprint density at radius 2 is 2.08 bits per heavy atom. The molecule has 4 heterocycles. The number of likely N-dealkylation sites (tertiary alicyclic amines) is 1. The summed E-state index contributed by atoms with van der Waals surface area (Å²) in [5.74, 6) is 0.240. The lowest BCUT2D eigenvalue weighted by molar-refractivity contribution is -0.139. The van der Waals surface area contributed by atoms with Gasteiger partial charge in [0.15, 0.2) is 11.0 Å². The molecule has 1 fully saturated rings. The van der Waals surface area contributed by atoms with Gasteiger partial charge in [-0.05, 0) is 31.7 Å². The predicted octanol–water partition coefficient (Wildman–Crippen LogP) is 4.64. The van der Waals surface area contributed by atoms with Crippen LogP contribution in [-0.4, -0.2) is 91.7 Å². The highest BCUT2D eigenvalue weighted by Crippen LogP contribution is 2.33. The average molecular weight is 577 g/mol. The van der Waals surface area contributed by atoms with Crippen LogP contribution in [0.25, 0.3) is 16.6 Å². The second-order valence-corrected chi connectivity index (χ2v) is 11.3. The molecule has 0 saturated carbocycles. The molecule has 3 aromatic rings. The largest absolute Gasteiger partial charge is 0.406 e. The van der Waals surface area contributed by atoms with E-state index in [2.05, 4.69) is 32.2 Å². The summed E-state index contributed by atoms with van der Waals surface area (Å²) in [5, 5.41) is 7.91. The smallest absolute Gasteiger partial charge is 0.379 e. The lowest BCUT2D eigenvalue weighted by atomic mass is 10.0. The van der Waals surface area contributed by atoms with Gasteiger partial charge in [-0.3, -0.25) is 4.99 Å². The van der Waals surface area contributed by atoms with Gasteiger partial charge in [0, 0.05) is 50.2 Å². The highest BCUT2D eigenvalue weighted by atomic mass is 32.1. The minimum atomic E-state index is -4.45. The minimum Gasteiger partial charge on any atom is -0.379 e. The fourth-order valence-electron chi connectivity index (χ4n) is 4.89. The molecule has 0 amide bonds. The molecule has 2 aliphatic heterocycles. The zero-order valence-electron chi connectivity index (χ0n) is 22.6. The number of alkyl halides is 4. The number of hydrogen-bond acceptors (Lipinski definition) is 8. The van der Waals surface area contributed by atoms with Crippen LogP contribution in [0.15, 0.2) is 47.0 Å². The first-order valence-electron chi connectivity index (χ1n) is 12.9. The maximum absolute atomic E-state index is 14.7. The summed E-state index contributed by atoms with van der Waals surface area (Å²) >= 11 is 1.50. The van der Waals surface area contributed by atoms with Gasteiger partial charge >= 0.3 is 6.18 Å². The second kappa shape index (κ2) is 11.2. The first-order valence-corrected chi connectivity index (χ1v) is 13.8. The SMILES string of the molecule is C=C(NCC1=NC(c2cc3c(NC4CCN(C)CC4F)cccc3n2CC(F)(F)F)=NC1)c1cnc(N(C)C)s1. The summed E-state index contributed by atoms with van der Waals surface area (Å²) in [6, 6.07) is 6.35. The third kappa shape index (κ3) is 6.15. The van der Waals surface area contributed by atoms with E-state index in [-0.39, 0.29) is 18.1 Å². The van der Waals surface area contributed by atoms with Crippen molar-refractivity contribution in [2.75, 3.05) is 57.5 Å². The molecule has 1 aromatic carbocycles. The van der Waals surface area contributed by atoms with Gasteiger partial charge in [-0.25, -0.2) is 14.4 Å². The highest BCUT2D eigenvalue weighted by molar-refractivity contribution is 7.16. The van der Waals surface area contributed by atoms with Crippen molar-refractivity contribution in [1.82, 2.24) is 19.8 Å². The molecule has 5 rings (SSSR count). The first-order chi connectivity index (χ1) is 19.0. The van der Waals surface area contributed by atoms with Gasteiger partial charge in [-0.15, -0.1) is 0 Å². The van der Waals surface area contributed by atoms with Crippen LogP contribution in [0.1, 0.15) is 17.0 Å². The maximum Gasteiger partial charge on any atom is 0.406 e.